The molecule has 0 aromatic heterocycles. The van der Waals surface area contributed by atoms with Gasteiger partial charge in [-0.25, -0.2) is 4.39 Å². The molecule has 5 heteroatoms. The molecule has 0 aliphatic carbocycles. The molecular weight excluding hydrogens is 307 g/mol. The molecule has 66 valence electrons. The summed E-state index contributed by atoms with van der Waals surface area (Å²) < 4.78 is 13.2. The van der Waals surface area contributed by atoms with Gasteiger partial charge in [0.05, 0.1) is 9.13 Å². The highest BCUT2D eigenvalue weighted by atomic mass is 127. The molecule has 0 aliphatic heterocycles. The molecule has 0 bridgehead atoms. The molecule has 0 heterocycles. The Labute approximate surface area is 92.4 Å². The van der Waals surface area contributed by atoms with Crippen LogP contribution in [-0.2, 0) is 0 Å². The number of carbonyl (C=O) groups excluding carboxylic acids is 1. The Morgan fingerprint density at radius 1 is 1.62 bits per heavy atom. The van der Waals surface area contributed by atoms with Crippen molar-refractivity contribution in [2.24, 2.45) is 0 Å². The fraction of sp³-hybridized carbons (Fsp3) is 0. The van der Waals surface area contributed by atoms with E-state index in [1.165, 1.54) is 6.07 Å². The average molecular weight is 309 g/mol. The van der Waals surface area contributed by atoms with E-state index in [0.717, 1.165) is 6.07 Å². The maximum absolute atomic E-state index is 13.0. The van der Waals surface area contributed by atoms with Gasteiger partial charge in [0.25, 0.3) is 5.24 Å². The van der Waals surface area contributed by atoms with Crippen molar-refractivity contribution in [3.8, 4) is 6.07 Å². The first-order valence-corrected chi connectivity index (χ1v) is 4.61. The molecule has 1 aromatic rings. The van der Waals surface area contributed by atoms with E-state index < -0.39 is 11.1 Å². The molecule has 0 saturated heterocycles. The molecule has 2 nitrogen and oxygen atoms in total. The maximum atomic E-state index is 13.0. The molecule has 0 amide bonds. The van der Waals surface area contributed by atoms with Crippen LogP contribution in [-0.4, -0.2) is 5.24 Å². The van der Waals surface area contributed by atoms with Gasteiger partial charge in [-0.3, -0.25) is 4.79 Å². The molecule has 0 fully saturated rings. The molecule has 1 rings (SSSR count). The Kier molecular flexibility index (Phi) is 3.22. The molecule has 0 unspecified atom stereocenters. The lowest BCUT2D eigenvalue weighted by atomic mass is 10.1. The van der Waals surface area contributed by atoms with Gasteiger partial charge in [-0.05, 0) is 46.3 Å². The van der Waals surface area contributed by atoms with Gasteiger partial charge in [0.15, 0.2) is 0 Å². The van der Waals surface area contributed by atoms with Crippen LogP contribution in [0.15, 0.2) is 12.1 Å². The third-order valence-corrected chi connectivity index (χ3v) is 2.69. The van der Waals surface area contributed by atoms with E-state index in [4.69, 9.17) is 16.9 Å². The van der Waals surface area contributed by atoms with Crippen LogP contribution in [0.2, 0.25) is 0 Å². The van der Waals surface area contributed by atoms with Crippen molar-refractivity contribution >= 4 is 39.4 Å². The van der Waals surface area contributed by atoms with Gasteiger partial charge in [0, 0.05) is 5.56 Å². The zero-order valence-electron chi connectivity index (χ0n) is 6.14. The average Bonchev–Trinajstić information content (AvgIpc) is 2.09. The van der Waals surface area contributed by atoms with Crippen LogP contribution in [0, 0.1) is 20.7 Å². The van der Waals surface area contributed by atoms with E-state index in [1.807, 2.05) is 0 Å². The van der Waals surface area contributed by atoms with Crippen molar-refractivity contribution in [2.75, 3.05) is 0 Å². The van der Waals surface area contributed by atoms with E-state index in [9.17, 15) is 9.18 Å². The quantitative estimate of drug-likeness (QED) is 0.591. The standard InChI is InChI=1S/C8H2ClFINO/c9-8(13)4-1-5(3-12)7(11)6(10)2-4/h1-2H. The molecule has 1 aromatic carbocycles. The maximum Gasteiger partial charge on any atom is 0.252 e. The van der Waals surface area contributed by atoms with E-state index in [-0.39, 0.29) is 14.7 Å². The highest BCUT2D eigenvalue weighted by molar-refractivity contribution is 14.1. The summed E-state index contributed by atoms with van der Waals surface area (Å²) in [6, 6.07) is 4.05. The summed E-state index contributed by atoms with van der Waals surface area (Å²) >= 11 is 6.83. The Balaban J connectivity index is 3.41. The number of halogens is 3. The summed E-state index contributed by atoms with van der Waals surface area (Å²) in [5.74, 6) is -0.608. The normalized spacial score (nSPS) is 9.38. The molecule has 0 aliphatic rings. The lowest BCUT2D eigenvalue weighted by Gasteiger charge is -1.99. The van der Waals surface area contributed by atoms with Gasteiger partial charge in [0.1, 0.15) is 11.9 Å². The van der Waals surface area contributed by atoms with Gasteiger partial charge in [0.2, 0.25) is 0 Å². The van der Waals surface area contributed by atoms with Crippen molar-refractivity contribution in [3.05, 3.63) is 32.6 Å². The summed E-state index contributed by atoms with van der Waals surface area (Å²) in [4.78, 5) is 10.7. The number of rotatable bonds is 1. The summed E-state index contributed by atoms with van der Waals surface area (Å²) in [5.41, 5.74) is 0.112. The van der Waals surface area contributed by atoms with Crippen LogP contribution in [0.3, 0.4) is 0 Å². The van der Waals surface area contributed by atoms with Crippen molar-refractivity contribution in [1.82, 2.24) is 0 Å². The minimum atomic E-state index is -0.771. The predicted octanol–water partition coefficient (Wildman–Crippen LogP) is 2.68. The van der Waals surface area contributed by atoms with Gasteiger partial charge in [-0.15, -0.1) is 0 Å². The van der Waals surface area contributed by atoms with Gasteiger partial charge in [-0.1, -0.05) is 0 Å². The third kappa shape index (κ3) is 2.17. The zero-order chi connectivity index (χ0) is 10.0. The summed E-state index contributed by atoms with van der Waals surface area (Å²) in [6.07, 6.45) is 0. The number of benzene rings is 1. The molecule has 0 saturated carbocycles. The van der Waals surface area contributed by atoms with E-state index in [2.05, 4.69) is 0 Å². The van der Waals surface area contributed by atoms with Crippen LogP contribution >= 0.6 is 34.2 Å². The zero-order valence-corrected chi connectivity index (χ0v) is 9.06. The Hall–Kier alpha value is -0.670. The van der Waals surface area contributed by atoms with Crippen molar-refractivity contribution in [2.45, 2.75) is 0 Å². The minimum absolute atomic E-state index is 0.00358. The number of nitriles is 1. The molecule has 0 radical (unpaired) electrons. The monoisotopic (exact) mass is 309 g/mol. The number of carbonyl (C=O) groups is 1. The third-order valence-electron chi connectivity index (χ3n) is 1.38. The molecule has 0 N–H and O–H groups in total. The van der Waals surface area contributed by atoms with Crippen LogP contribution in [0.1, 0.15) is 15.9 Å². The first-order chi connectivity index (χ1) is 6.06. The molecule has 0 atom stereocenters. The molecule has 0 spiro atoms. The van der Waals surface area contributed by atoms with Gasteiger partial charge < -0.3 is 0 Å². The smallest absolute Gasteiger partial charge is 0.252 e. The summed E-state index contributed by atoms with van der Waals surface area (Å²) in [6.45, 7) is 0. The highest BCUT2D eigenvalue weighted by Gasteiger charge is 2.11. The second kappa shape index (κ2) is 4.03. The molecular formula is C8H2ClFINO. The fourth-order valence-electron chi connectivity index (χ4n) is 0.784. The van der Waals surface area contributed by atoms with Crippen LogP contribution in [0.25, 0.3) is 0 Å². The minimum Gasteiger partial charge on any atom is -0.276 e. The lowest BCUT2D eigenvalue weighted by Crippen LogP contribution is -1.95. The van der Waals surface area contributed by atoms with Crippen LogP contribution in [0.4, 0.5) is 4.39 Å². The number of hydrogen-bond donors (Lipinski definition) is 0. The molecule has 13 heavy (non-hydrogen) atoms. The Bertz CT molecular complexity index is 413. The summed E-state index contributed by atoms with van der Waals surface area (Å²) in [5, 5.41) is 7.80. The van der Waals surface area contributed by atoms with Crippen molar-refractivity contribution in [1.29, 1.82) is 5.26 Å². The summed E-state index contributed by atoms with van der Waals surface area (Å²) in [7, 11) is 0. The van der Waals surface area contributed by atoms with Crippen molar-refractivity contribution in [3.63, 3.8) is 0 Å². The van der Waals surface area contributed by atoms with E-state index >= 15 is 0 Å². The van der Waals surface area contributed by atoms with E-state index in [1.54, 1.807) is 28.7 Å². The van der Waals surface area contributed by atoms with Crippen LogP contribution < -0.4 is 0 Å². The fourth-order valence-corrected chi connectivity index (χ4v) is 1.33. The van der Waals surface area contributed by atoms with E-state index in [0.29, 0.717) is 0 Å². The first kappa shape index (κ1) is 10.4. The Morgan fingerprint density at radius 2 is 2.23 bits per heavy atom. The second-order valence-corrected chi connectivity index (χ2v) is 3.63. The topological polar surface area (TPSA) is 40.9 Å². The van der Waals surface area contributed by atoms with Crippen molar-refractivity contribution < 1.29 is 9.18 Å². The second-order valence-electron chi connectivity index (χ2n) is 2.21. The highest BCUT2D eigenvalue weighted by Crippen LogP contribution is 2.19. The largest absolute Gasteiger partial charge is 0.276 e. The first-order valence-electron chi connectivity index (χ1n) is 3.15. The van der Waals surface area contributed by atoms with Crippen LogP contribution in [0.5, 0.6) is 0 Å². The Morgan fingerprint density at radius 3 is 2.69 bits per heavy atom. The number of nitrogens with zero attached hydrogens (tertiary/aromatic N) is 1. The van der Waals surface area contributed by atoms with Gasteiger partial charge >= 0.3 is 0 Å². The predicted molar refractivity (Wildman–Crippen MR) is 54.0 cm³/mol. The lowest BCUT2D eigenvalue weighted by molar-refractivity contribution is 0.108. The van der Waals surface area contributed by atoms with Gasteiger partial charge in [-0.2, -0.15) is 5.26 Å². The SMILES string of the molecule is N#Cc1cc(C(=O)Cl)cc(F)c1I. The number of hydrogen-bond acceptors (Lipinski definition) is 2.